The molecule has 16 nitrogen and oxygen atoms in total. The highest BCUT2D eigenvalue weighted by atomic mass is 16.6. The Morgan fingerprint density at radius 2 is 1.47 bits per heavy atom. The molecule has 47 heavy (non-hydrogen) atoms. The van der Waals surface area contributed by atoms with Crippen LogP contribution in [0.15, 0.2) is 59.2 Å². The Kier molecular flexibility index (Phi) is 11.8. The van der Waals surface area contributed by atoms with Gasteiger partial charge in [0, 0.05) is 43.7 Å². The molecule has 16 heteroatoms. The zero-order valence-electron chi connectivity index (χ0n) is 25.4. The molecule has 7 N–H and O–H groups in total. The number of amides is 6. The number of rotatable bonds is 8. The number of nitrogens with zero attached hydrogens (tertiary/aromatic N) is 1. The Balaban J connectivity index is 1.62. The maximum Gasteiger partial charge on any atom is 0.269 e. The van der Waals surface area contributed by atoms with Crippen molar-refractivity contribution in [3.05, 3.63) is 76.3 Å². The molecule has 1 aromatic heterocycles. The normalized spacial score (nSPS) is 24.2. The summed E-state index contributed by atoms with van der Waals surface area (Å²) in [7, 11) is 0. The number of furan rings is 1. The Hall–Kier alpha value is -5.54. The smallest absolute Gasteiger partial charge is 0.269 e. The molecular weight excluding hydrogens is 614 g/mol. The highest BCUT2D eigenvalue weighted by molar-refractivity contribution is 6.00. The second kappa shape index (κ2) is 16.1. The quantitative estimate of drug-likeness (QED) is 0.161. The summed E-state index contributed by atoms with van der Waals surface area (Å²) in [6, 6.07) is 4.17. The van der Waals surface area contributed by atoms with Gasteiger partial charge in [-0.05, 0) is 42.9 Å². The number of benzene rings is 1. The molecule has 250 valence electrons. The van der Waals surface area contributed by atoms with E-state index in [4.69, 9.17) is 10.2 Å². The minimum Gasteiger partial charge on any atom is -0.469 e. The fourth-order valence-corrected chi connectivity index (χ4v) is 5.02. The molecule has 1 aliphatic heterocycles. The summed E-state index contributed by atoms with van der Waals surface area (Å²) < 4.78 is 5.41. The van der Waals surface area contributed by atoms with Gasteiger partial charge in [-0.15, -0.1) is 0 Å². The topological polar surface area (TPSA) is 245 Å². The standard InChI is InChI=1S/C31H37N7O9/c32-28(41)22-4-1-13-33-29(42)23(15-19-7-9-20(10-8-19)38(45)46)36-31(44)25(17-21-3-2-14-47-21)37-30(43)24(16-18-5-6-18)35-27(40)12-11-26(39)34-22/h2-3,7-12,14,18,22-25H,1,4-6,13,15-17H2,(H2,32,41)(H,33,42)(H,34,39)(H,35,40)(H,36,44)(H,37,43)/b12-11-/t22-,23-,24-,25-/m0/s1. The van der Waals surface area contributed by atoms with Gasteiger partial charge < -0.3 is 36.7 Å². The lowest BCUT2D eigenvalue weighted by molar-refractivity contribution is -0.384. The molecule has 1 fully saturated rings. The van der Waals surface area contributed by atoms with Gasteiger partial charge in [0.1, 0.15) is 29.9 Å². The van der Waals surface area contributed by atoms with Gasteiger partial charge in [0.25, 0.3) is 5.69 Å². The maximum atomic E-state index is 13.7. The summed E-state index contributed by atoms with van der Waals surface area (Å²) in [6.45, 7) is 0.0404. The van der Waals surface area contributed by atoms with Gasteiger partial charge in [-0.3, -0.25) is 38.9 Å². The second-order valence-electron chi connectivity index (χ2n) is 11.5. The molecule has 6 amide bonds. The van der Waals surface area contributed by atoms with Crippen LogP contribution in [0.1, 0.15) is 43.4 Å². The first-order valence-electron chi connectivity index (χ1n) is 15.2. The monoisotopic (exact) mass is 651 g/mol. The molecule has 0 bridgehead atoms. The van der Waals surface area contributed by atoms with Crippen molar-refractivity contribution in [2.24, 2.45) is 11.7 Å². The van der Waals surface area contributed by atoms with E-state index in [9.17, 15) is 38.9 Å². The fraction of sp³-hybridized carbons (Fsp3) is 0.419. The second-order valence-corrected chi connectivity index (χ2v) is 11.5. The predicted molar refractivity (Wildman–Crippen MR) is 165 cm³/mol. The van der Waals surface area contributed by atoms with Gasteiger partial charge in [0.15, 0.2) is 0 Å². The summed E-state index contributed by atoms with van der Waals surface area (Å²) in [4.78, 5) is 88.3. The minimum atomic E-state index is -1.22. The molecule has 2 aliphatic rings. The number of carbonyl (C=O) groups excluding carboxylic acids is 6. The molecule has 1 saturated carbocycles. The lowest BCUT2D eigenvalue weighted by Gasteiger charge is -2.25. The van der Waals surface area contributed by atoms with Crippen molar-refractivity contribution in [1.82, 2.24) is 26.6 Å². The Morgan fingerprint density at radius 3 is 2.06 bits per heavy atom. The molecule has 0 unspecified atom stereocenters. The first-order chi connectivity index (χ1) is 22.5. The number of hydrogen-bond acceptors (Lipinski definition) is 9. The third-order valence-electron chi connectivity index (χ3n) is 7.75. The molecular formula is C31H37N7O9. The average molecular weight is 652 g/mol. The van der Waals surface area contributed by atoms with Crippen LogP contribution in [0.25, 0.3) is 0 Å². The van der Waals surface area contributed by atoms with E-state index in [0.29, 0.717) is 17.7 Å². The van der Waals surface area contributed by atoms with Crippen molar-refractivity contribution < 1.29 is 38.1 Å². The van der Waals surface area contributed by atoms with Gasteiger partial charge in [0.2, 0.25) is 35.4 Å². The molecule has 2 aromatic rings. The summed E-state index contributed by atoms with van der Waals surface area (Å²) in [5, 5.41) is 24.2. The Morgan fingerprint density at radius 1 is 0.830 bits per heavy atom. The van der Waals surface area contributed by atoms with Crippen LogP contribution in [-0.2, 0) is 41.6 Å². The zero-order valence-corrected chi connectivity index (χ0v) is 25.4. The summed E-state index contributed by atoms with van der Waals surface area (Å²) in [6.07, 6.45) is 5.43. The van der Waals surface area contributed by atoms with Crippen LogP contribution in [0.2, 0.25) is 0 Å². The molecule has 2 heterocycles. The van der Waals surface area contributed by atoms with Crippen LogP contribution in [0.4, 0.5) is 5.69 Å². The van der Waals surface area contributed by atoms with Crippen LogP contribution in [0.5, 0.6) is 0 Å². The predicted octanol–water partition coefficient (Wildman–Crippen LogP) is -0.336. The Bertz CT molecular complexity index is 1500. The highest BCUT2D eigenvalue weighted by Crippen LogP contribution is 2.33. The van der Waals surface area contributed by atoms with E-state index >= 15 is 0 Å². The average Bonchev–Trinajstić information content (AvgIpc) is 3.70. The number of nitrogens with one attached hydrogen (secondary N) is 5. The molecule has 1 aliphatic carbocycles. The Labute approximate surface area is 269 Å². The van der Waals surface area contributed by atoms with E-state index in [1.165, 1.54) is 30.5 Å². The number of nitro benzene ring substituents is 1. The van der Waals surface area contributed by atoms with Gasteiger partial charge in [0.05, 0.1) is 11.2 Å². The van der Waals surface area contributed by atoms with Gasteiger partial charge in [-0.2, -0.15) is 0 Å². The van der Waals surface area contributed by atoms with Crippen molar-refractivity contribution in [2.75, 3.05) is 6.54 Å². The zero-order chi connectivity index (χ0) is 33.9. The number of hydrogen-bond donors (Lipinski definition) is 6. The summed E-state index contributed by atoms with van der Waals surface area (Å²) in [5.41, 5.74) is 5.80. The molecule has 0 spiro atoms. The fourth-order valence-electron chi connectivity index (χ4n) is 5.02. The number of nitrogens with two attached hydrogens (primary N) is 1. The lowest BCUT2D eigenvalue weighted by Crippen LogP contribution is -2.57. The van der Waals surface area contributed by atoms with Crippen molar-refractivity contribution >= 4 is 41.1 Å². The SMILES string of the molecule is NC(=O)[C@@H]1CCCNC(=O)[C@H](Cc2ccc([N+](=O)[O-])cc2)NC(=O)[C@H](Cc2ccco2)NC(=O)[C@H](CC2CC2)NC(=O)/C=C\C(=O)N1. The van der Waals surface area contributed by atoms with E-state index in [2.05, 4.69) is 26.6 Å². The van der Waals surface area contributed by atoms with Crippen LogP contribution in [0, 0.1) is 16.0 Å². The van der Waals surface area contributed by atoms with Crippen molar-refractivity contribution in [3.8, 4) is 0 Å². The van der Waals surface area contributed by atoms with E-state index < -0.39 is 64.5 Å². The number of primary amides is 1. The van der Waals surface area contributed by atoms with Crippen molar-refractivity contribution in [3.63, 3.8) is 0 Å². The first-order valence-corrected chi connectivity index (χ1v) is 15.2. The molecule has 0 saturated heterocycles. The number of non-ortho nitro benzene ring substituents is 1. The maximum absolute atomic E-state index is 13.7. The minimum absolute atomic E-state index is 0.0404. The first kappa shape index (κ1) is 34.3. The summed E-state index contributed by atoms with van der Waals surface area (Å²) in [5.74, 6) is -3.72. The summed E-state index contributed by atoms with van der Waals surface area (Å²) >= 11 is 0. The number of nitro groups is 1. The van der Waals surface area contributed by atoms with Crippen LogP contribution < -0.4 is 32.3 Å². The largest absolute Gasteiger partial charge is 0.469 e. The van der Waals surface area contributed by atoms with Gasteiger partial charge >= 0.3 is 0 Å². The third kappa shape index (κ3) is 10.8. The van der Waals surface area contributed by atoms with Crippen LogP contribution >= 0.6 is 0 Å². The van der Waals surface area contributed by atoms with E-state index in [0.717, 1.165) is 25.0 Å². The molecule has 4 rings (SSSR count). The van der Waals surface area contributed by atoms with Crippen LogP contribution in [0.3, 0.4) is 0 Å². The molecule has 1 aromatic carbocycles. The van der Waals surface area contributed by atoms with Crippen LogP contribution in [-0.4, -0.2) is 71.1 Å². The van der Waals surface area contributed by atoms with Gasteiger partial charge in [-0.1, -0.05) is 25.0 Å². The third-order valence-corrected chi connectivity index (χ3v) is 7.75. The molecule has 0 radical (unpaired) electrons. The van der Waals surface area contributed by atoms with Crippen molar-refractivity contribution in [1.29, 1.82) is 0 Å². The van der Waals surface area contributed by atoms with Gasteiger partial charge in [-0.25, -0.2) is 0 Å². The molecule has 4 atom stereocenters. The van der Waals surface area contributed by atoms with E-state index in [1.54, 1.807) is 12.1 Å². The number of carbonyl (C=O) groups is 6. The van der Waals surface area contributed by atoms with Crippen molar-refractivity contribution in [2.45, 2.75) is 69.1 Å². The lowest BCUT2D eigenvalue weighted by atomic mass is 10.0. The van der Waals surface area contributed by atoms with E-state index in [-0.39, 0.29) is 43.8 Å². The highest BCUT2D eigenvalue weighted by Gasteiger charge is 2.34. The van der Waals surface area contributed by atoms with E-state index in [1.807, 2.05) is 0 Å².